The van der Waals surface area contributed by atoms with Gasteiger partial charge in [0.1, 0.15) is 0 Å². The van der Waals surface area contributed by atoms with Crippen molar-refractivity contribution in [1.82, 2.24) is 0 Å². The zero-order valence-electron chi connectivity index (χ0n) is 23.4. The molecule has 206 valence electrons. The van der Waals surface area contributed by atoms with E-state index in [0.717, 1.165) is 29.6 Å². The van der Waals surface area contributed by atoms with Crippen LogP contribution in [0.15, 0.2) is 89.1 Å². The van der Waals surface area contributed by atoms with E-state index in [4.69, 9.17) is 0 Å². The Labute approximate surface area is 240 Å². The van der Waals surface area contributed by atoms with E-state index in [0.29, 0.717) is 24.1 Å². The molecule has 2 heterocycles. The van der Waals surface area contributed by atoms with E-state index in [1.54, 1.807) is 12.1 Å². The lowest BCUT2D eigenvalue weighted by Gasteiger charge is -2.28. The number of aryl methyl sites for hydroxylation is 2. The molecular formula is C35H33N3O3. The van der Waals surface area contributed by atoms with Crippen LogP contribution >= 0.6 is 0 Å². The highest BCUT2D eigenvalue weighted by Crippen LogP contribution is 2.53. The zero-order chi connectivity index (χ0) is 28.2. The number of carbonyl (C=O) groups is 2. The fourth-order valence-electron chi connectivity index (χ4n) is 7.32. The van der Waals surface area contributed by atoms with Crippen molar-refractivity contribution >= 4 is 40.2 Å². The molecule has 2 aliphatic carbocycles. The number of para-hydroxylation sites is 1. The summed E-state index contributed by atoms with van der Waals surface area (Å²) >= 11 is 0. The number of carboxylic acid groups (broad SMARTS) is 1. The van der Waals surface area contributed by atoms with Crippen LogP contribution in [-0.4, -0.2) is 28.7 Å². The van der Waals surface area contributed by atoms with Gasteiger partial charge in [0.05, 0.1) is 11.3 Å². The summed E-state index contributed by atoms with van der Waals surface area (Å²) in [4.78, 5) is 28.3. The lowest BCUT2D eigenvalue weighted by Crippen LogP contribution is -2.26. The van der Waals surface area contributed by atoms with E-state index in [1.165, 1.54) is 52.3 Å². The van der Waals surface area contributed by atoms with Gasteiger partial charge >= 0.3 is 5.97 Å². The topological polar surface area (TPSA) is 73.2 Å². The minimum Gasteiger partial charge on any atom is -0.476 e. The fourth-order valence-corrected chi connectivity index (χ4v) is 7.32. The van der Waals surface area contributed by atoms with Crippen LogP contribution in [0.1, 0.15) is 66.7 Å². The van der Waals surface area contributed by atoms with Gasteiger partial charge < -0.3 is 10.0 Å². The van der Waals surface area contributed by atoms with Crippen molar-refractivity contribution < 1.29 is 14.7 Å². The Hall–Kier alpha value is -4.45. The number of hydrogen-bond acceptors (Lipinski definition) is 4. The number of anilines is 3. The van der Waals surface area contributed by atoms with Crippen LogP contribution in [-0.2, 0) is 9.59 Å². The maximum Gasteiger partial charge on any atom is 0.357 e. The average molecular weight is 544 g/mol. The summed E-state index contributed by atoms with van der Waals surface area (Å²) in [6.07, 6.45) is 8.06. The van der Waals surface area contributed by atoms with Crippen LogP contribution < -0.4 is 9.91 Å². The molecule has 1 fully saturated rings. The fraction of sp³-hybridized carbons (Fsp3) is 0.286. The summed E-state index contributed by atoms with van der Waals surface area (Å²) in [6, 6.07) is 23.1. The molecule has 0 aromatic heterocycles. The van der Waals surface area contributed by atoms with Gasteiger partial charge in [-0.1, -0.05) is 42.8 Å². The highest BCUT2D eigenvalue weighted by Gasteiger charge is 2.42. The lowest BCUT2D eigenvalue weighted by molar-refractivity contribution is -0.129. The molecule has 0 saturated heterocycles. The second kappa shape index (κ2) is 9.88. The van der Waals surface area contributed by atoms with Crippen LogP contribution in [0.5, 0.6) is 0 Å². The molecular weight excluding hydrogens is 510 g/mol. The first kappa shape index (κ1) is 25.5. The van der Waals surface area contributed by atoms with E-state index >= 15 is 0 Å². The Kier molecular flexibility index (Phi) is 6.15. The molecule has 2 aliphatic heterocycles. The minimum absolute atomic E-state index is 0.182. The molecule has 0 bridgehead atoms. The highest BCUT2D eigenvalue weighted by molar-refractivity contribution is 6.53. The summed E-state index contributed by atoms with van der Waals surface area (Å²) in [5.74, 6) is -1.06. The smallest absolute Gasteiger partial charge is 0.357 e. The third kappa shape index (κ3) is 4.29. The summed E-state index contributed by atoms with van der Waals surface area (Å²) in [6.45, 7) is 4.33. The van der Waals surface area contributed by atoms with E-state index in [9.17, 15) is 14.7 Å². The SMILES string of the molecule is Cc1cc(C)cc(N2c3ccc(C4=C/C(=C5\C(=O)N(c6ccccc6)N=C5C(=O)O)CCC4)cc3C3CCCC32)c1. The van der Waals surface area contributed by atoms with Crippen molar-refractivity contribution in [3.05, 3.63) is 106 Å². The van der Waals surface area contributed by atoms with Crippen LogP contribution in [0.2, 0.25) is 0 Å². The van der Waals surface area contributed by atoms with E-state index in [-0.39, 0.29) is 17.2 Å². The Morgan fingerprint density at radius 1 is 0.902 bits per heavy atom. The largest absolute Gasteiger partial charge is 0.476 e. The molecule has 6 heteroatoms. The average Bonchev–Trinajstić information content (AvgIpc) is 3.65. The van der Waals surface area contributed by atoms with Crippen LogP contribution in [0.25, 0.3) is 5.57 Å². The molecule has 4 aliphatic rings. The van der Waals surface area contributed by atoms with Gasteiger partial charge in [-0.15, -0.1) is 0 Å². The standard InChI is InChI=1S/C35H33N3O3/c1-21-16-22(2)18-27(17-21)37-30-13-7-12-28(30)29-20-24(14-15-31(29)37)23-8-6-9-25(19-23)32-33(35(40)41)36-38(34(32)39)26-10-4-3-5-11-26/h3-5,10-11,14-20,28,30H,6-9,12-13H2,1-2H3,(H,40,41)/b32-25-. The lowest BCUT2D eigenvalue weighted by atomic mass is 9.86. The van der Waals surface area contributed by atoms with Crippen LogP contribution in [0.4, 0.5) is 17.1 Å². The van der Waals surface area contributed by atoms with Gasteiger partial charge in [-0.05, 0) is 116 Å². The predicted molar refractivity (Wildman–Crippen MR) is 163 cm³/mol. The van der Waals surface area contributed by atoms with Crippen molar-refractivity contribution in [2.75, 3.05) is 9.91 Å². The second-order valence-electron chi connectivity index (χ2n) is 11.7. The second-order valence-corrected chi connectivity index (χ2v) is 11.7. The molecule has 7 rings (SSSR count). The Bertz CT molecular complexity index is 1660. The normalized spacial score (nSPS) is 23.4. The maximum atomic E-state index is 13.5. The third-order valence-electron chi connectivity index (χ3n) is 8.96. The third-order valence-corrected chi connectivity index (χ3v) is 8.96. The van der Waals surface area contributed by atoms with Crippen LogP contribution in [0.3, 0.4) is 0 Å². The molecule has 0 radical (unpaired) electrons. The predicted octanol–water partition coefficient (Wildman–Crippen LogP) is 7.44. The van der Waals surface area contributed by atoms with Gasteiger partial charge in [-0.3, -0.25) is 4.79 Å². The van der Waals surface area contributed by atoms with Crippen molar-refractivity contribution in [2.45, 2.75) is 64.3 Å². The molecule has 0 spiro atoms. The highest BCUT2D eigenvalue weighted by atomic mass is 16.4. The van der Waals surface area contributed by atoms with Crippen molar-refractivity contribution in [2.24, 2.45) is 5.10 Å². The van der Waals surface area contributed by atoms with E-state index in [2.05, 4.69) is 60.2 Å². The monoisotopic (exact) mass is 543 g/mol. The Morgan fingerprint density at radius 3 is 2.44 bits per heavy atom. The van der Waals surface area contributed by atoms with E-state index in [1.807, 2.05) is 24.3 Å². The van der Waals surface area contributed by atoms with Crippen LogP contribution in [0, 0.1) is 13.8 Å². The molecule has 2 atom stereocenters. The van der Waals surface area contributed by atoms with Gasteiger partial charge in [0.25, 0.3) is 5.91 Å². The number of fused-ring (bicyclic) bond motifs is 3. The molecule has 1 N–H and O–H groups in total. The number of hydrogen-bond donors (Lipinski definition) is 1. The number of carbonyl (C=O) groups excluding carboxylic acids is 1. The molecule has 2 unspecified atom stereocenters. The first-order valence-corrected chi connectivity index (χ1v) is 14.6. The molecule has 1 amide bonds. The van der Waals surface area contributed by atoms with Gasteiger partial charge in [0, 0.05) is 23.3 Å². The minimum atomic E-state index is -1.18. The van der Waals surface area contributed by atoms with Gasteiger partial charge in [0.2, 0.25) is 0 Å². The number of amides is 1. The van der Waals surface area contributed by atoms with Gasteiger partial charge in [-0.25, -0.2) is 4.79 Å². The first-order chi connectivity index (χ1) is 19.9. The zero-order valence-corrected chi connectivity index (χ0v) is 23.4. The number of nitrogens with zero attached hydrogens (tertiary/aromatic N) is 3. The number of aliphatic carboxylic acids is 1. The van der Waals surface area contributed by atoms with Crippen molar-refractivity contribution in [1.29, 1.82) is 0 Å². The summed E-state index contributed by atoms with van der Waals surface area (Å²) in [7, 11) is 0. The molecule has 6 nitrogen and oxygen atoms in total. The quantitative estimate of drug-likeness (QED) is 0.347. The summed E-state index contributed by atoms with van der Waals surface area (Å²) in [5, 5.41) is 15.4. The van der Waals surface area contributed by atoms with Gasteiger partial charge in [-0.2, -0.15) is 10.1 Å². The summed E-state index contributed by atoms with van der Waals surface area (Å²) in [5.41, 5.74) is 10.2. The van der Waals surface area contributed by atoms with E-state index < -0.39 is 5.97 Å². The molecule has 3 aromatic carbocycles. The maximum absolute atomic E-state index is 13.5. The number of benzene rings is 3. The van der Waals surface area contributed by atoms with Crippen molar-refractivity contribution in [3.63, 3.8) is 0 Å². The van der Waals surface area contributed by atoms with Gasteiger partial charge in [0.15, 0.2) is 5.71 Å². The number of carboxylic acids is 1. The number of hydrazone groups is 1. The molecule has 1 saturated carbocycles. The first-order valence-electron chi connectivity index (χ1n) is 14.6. The van der Waals surface area contributed by atoms with Crippen molar-refractivity contribution in [3.8, 4) is 0 Å². The molecule has 3 aromatic rings. The summed E-state index contributed by atoms with van der Waals surface area (Å²) < 4.78 is 0. The Balaban J connectivity index is 1.28. The number of rotatable bonds is 4. The number of allylic oxidation sites excluding steroid dienone is 3. The molecule has 41 heavy (non-hydrogen) atoms. The Morgan fingerprint density at radius 2 is 1.68 bits per heavy atom.